The summed E-state index contributed by atoms with van der Waals surface area (Å²) < 4.78 is 11.0. The molecule has 1 atom stereocenters. The molecule has 0 spiro atoms. The molecule has 1 saturated heterocycles. The first-order valence-electron chi connectivity index (χ1n) is 7.15. The molecule has 0 bridgehead atoms. The second-order valence-corrected chi connectivity index (χ2v) is 5.37. The van der Waals surface area contributed by atoms with E-state index in [1.807, 2.05) is 19.1 Å². The lowest BCUT2D eigenvalue weighted by atomic mass is 10.0. The molecule has 0 aromatic heterocycles. The van der Waals surface area contributed by atoms with E-state index in [0.29, 0.717) is 29.7 Å². The summed E-state index contributed by atoms with van der Waals surface area (Å²) in [7, 11) is 1.63. The lowest BCUT2D eigenvalue weighted by Gasteiger charge is -2.27. The molecule has 20 heavy (non-hydrogen) atoms. The second kappa shape index (κ2) is 7.16. The van der Waals surface area contributed by atoms with E-state index in [-0.39, 0.29) is 6.04 Å². The van der Waals surface area contributed by atoms with Crippen molar-refractivity contribution in [2.75, 3.05) is 33.4 Å². The van der Waals surface area contributed by atoms with Crippen LogP contribution in [0.2, 0.25) is 5.02 Å². The fraction of sp³-hybridized carbons (Fsp3) is 0.600. The largest absolute Gasteiger partial charge is 0.493 e. The van der Waals surface area contributed by atoms with E-state index in [4.69, 9.17) is 26.8 Å². The van der Waals surface area contributed by atoms with E-state index in [1.54, 1.807) is 7.11 Å². The average Bonchev–Trinajstić information content (AvgIpc) is 2.96. The van der Waals surface area contributed by atoms with Crippen molar-refractivity contribution >= 4 is 11.6 Å². The van der Waals surface area contributed by atoms with E-state index >= 15 is 0 Å². The molecule has 1 aliphatic heterocycles. The Morgan fingerprint density at radius 1 is 1.35 bits per heavy atom. The maximum absolute atomic E-state index is 6.34. The number of halogens is 1. The highest BCUT2D eigenvalue weighted by Crippen LogP contribution is 2.39. The van der Waals surface area contributed by atoms with Crippen LogP contribution in [0.15, 0.2) is 12.1 Å². The lowest BCUT2D eigenvalue weighted by molar-refractivity contribution is 0.250. The van der Waals surface area contributed by atoms with Gasteiger partial charge in [0.1, 0.15) is 0 Å². The Balaban J connectivity index is 2.33. The maximum atomic E-state index is 6.34. The molecule has 5 heteroatoms. The molecule has 0 radical (unpaired) electrons. The minimum atomic E-state index is 0.194. The third-order valence-corrected chi connectivity index (χ3v) is 4.01. The van der Waals surface area contributed by atoms with Crippen LogP contribution in [-0.2, 0) is 0 Å². The van der Waals surface area contributed by atoms with Gasteiger partial charge in [-0.25, -0.2) is 0 Å². The summed E-state index contributed by atoms with van der Waals surface area (Å²) in [5.74, 6) is 1.28. The van der Waals surface area contributed by atoms with E-state index in [0.717, 1.165) is 18.7 Å². The van der Waals surface area contributed by atoms with Gasteiger partial charge in [0, 0.05) is 12.6 Å². The van der Waals surface area contributed by atoms with Crippen molar-refractivity contribution in [2.24, 2.45) is 5.73 Å². The molecule has 112 valence electrons. The van der Waals surface area contributed by atoms with Crippen LogP contribution in [-0.4, -0.2) is 38.3 Å². The highest BCUT2D eigenvalue weighted by Gasteiger charge is 2.24. The van der Waals surface area contributed by atoms with Gasteiger partial charge in [-0.05, 0) is 50.6 Å². The fourth-order valence-corrected chi connectivity index (χ4v) is 3.04. The van der Waals surface area contributed by atoms with Crippen LogP contribution in [0.3, 0.4) is 0 Å². The molecule has 2 rings (SSSR count). The van der Waals surface area contributed by atoms with Gasteiger partial charge < -0.3 is 15.2 Å². The van der Waals surface area contributed by atoms with E-state index in [2.05, 4.69) is 4.90 Å². The molecule has 0 aliphatic carbocycles. The van der Waals surface area contributed by atoms with Gasteiger partial charge in [0.05, 0.1) is 18.7 Å². The van der Waals surface area contributed by atoms with Gasteiger partial charge >= 0.3 is 0 Å². The first-order valence-corrected chi connectivity index (χ1v) is 7.53. The van der Waals surface area contributed by atoms with Crippen LogP contribution in [0.4, 0.5) is 0 Å². The zero-order chi connectivity index (χ0) is 14.5. The van der Waals surface area contributed by atoms with Crippen molar-refractivity contribution in [1.29, 1.82) is 0 Å². The summed E-state index contributed by atoms with van der Waals surface area (Å²) in [6, 6.07) is 4.14. The number of ether oxygens (including phenoxy) is 2. The van der Waals surface area contributed by atoms with Crippen molar-refractivity contribution in [3.05, 3.63) is 22.7 Å². The van der Waals surface area contributed by atoms with Crippen LogP contribution in [0.25, 0.3) is 0 Å². The number of nitrogens with zero attached hydrogens (tertiary/aromatic N) is 1. The monoisotopic (exact) mass is 298 g/mol. The van der Waals surface area contributed by atoms with Gasteiger partial charge in [-0.3, -0.25) is 4.90 Å². The molecule has 1 aliphatic rings. The maximum Gasteiger partial charge on any atom is 0.179 e. The quantitative estimate of drug-likeness (QED) is 0.877. The molecular formula is C15H23ClN2O2. The molecular weight excluding hydrogens is 276 g/mol. The van der Waals surface area contributed by atoms with Crippen LogP contribution < -0.4 is 15.2 Å². The number of hydrogen-bond acceptors (Lipinski definition) is 4. The van der Waals surface area contributed by atoms with Crippen LogP contribution >= 0.6 is 11.6 Å². The standard InChI is InChI=1S/C15H23ClN2O2/c1-3-20-15-12(16)8-11(9-14(15)19-2)13(10-17)18-6-4-5-7-18/h8-9,13H,3-7,10,17H2,1-2H3. The summed E-state index contributed by atoms with van der Waals surface area (Å²) in [5.41, 5.74) is 7.06. The third kappa shape index (κ3) is 3.19. The van der Waals surface area contributed by atoms with Crippen LogP contribution in [0, 0.1) is 0 Å². The second-order valence-electron chi connectivity index (χ2n) is 4.96. The van der Waals surface area contributed by atoms with Gasteiger partial charge in [0.25, 0.3) is 0 Å². The summed E-state index contributed by atoms with van der Waals surface area (Å²) in [6.45, 7) is 5.25. The third-order valence-electron chi connectivity index (χ3n) is 3.73. The molecule has 0 saturated carbocycles. The molecule has 1 heterocycles. The van der Waals surface area contributed by atoms with Crippen LogP contribution in [0.5, 0.6) is 11.5 Å². The van der Waals surface area contributed by atoms with Crippen molar-refractivity contribution < 1.29 is 9.47 Å². The minimum absolute atomic E-state index is 0.194. The lowest BCUT2D eigenvalue weighted by Crippen LogP contribution is -2.31. The number of benzene rings is 1. The smallest absolute Gasteiger partial charge is 0.179 e. The van der Waals surface area contributed by atoms with Crippen molar-refractivity contribution in [3.8, 4) is 11.5 Å². The molecule has 4 nitrogen and oxygen atoms in total. The van der Waals surface area contributed by atoms with E-state index < -0.39 is 0 Å². The van der Waals surface area contributed by atoms with E-state index in [9.17, 15) is 0 Å². The Morgan fingerprint density at radius 3 is 2.60 bits per heavy atom. The average molecular weight is 299 g/mol. The summed E-state index contributed by atoms with van der Waals surface area (Å²) in [4.78, 5) is 2.41. The summed E-state index contributed by atoms with van der Waals surface area (Å²) in [6.07, 6.45) is 2.47. The predicted octanol–water partition coefficient (Wildman–Crippen LogP) is 2.84. The Bertz CT molecular complexity index is 448. The topological polar surface area (TPSA) is 47.7 Å². The zero-order valence-corrected chi connectivity index (χ0v) is 12.9. The SMILES string of the molecule is CCOc1c(Cl)cc(C(CN)N2CCCC2)cc1OC. The van der Waals surface area contributed by atoms with Crippen LogP contribution in [0.1, 0.15) is 31.4 Å². The molecule has 1 fully saturated rings. The normalized spacial score (nSPS) is 17.2. The Kier molecular flexibility index (Phi) is 5.52. The first-order chi connectivity index (χ1) is 9.71. The molecule has 2 N–H and O–H groups in total. The molecule has 1 aromatic carbocycles. The van der Waals surface area contributed by atoms with Gasteiger partial charge in [-0.1, -0.05) is 11.6 Å². The Labute approximate surface area is 125 Å². The van der Waals surface area contributed by atoms with E-state index in [1.165, 1.54) is 12.8 Å². The molecule has 0 amide bonds. The summed E-state index contributed by atoms with van der Waals surface area (Å²) >= 11 is 6.34. The number of likely N-dealkylation sites (tertiary alicyclic amines) is 1. The summed E-state index contributed by atoms with van der Waals surface area (Å²) in [5, 5.41) is 0.582. The Hall–Kier alpha value is -0.970. The van der Waals surface area contributed by atoms with Crippen molar-refractivity contribution in [2.45, 2.75) is 25.8 Å². The van der Waals surface area contributed by atoms with Crippen molar-refractivity contribution in [1.82, 2.24) is 4.90 Å². The zero-order valence-electron chi connectivity index (χ0n) is 12.2. The Morgan fingerprint density at radius 2 is 2.05 bits per heavy atom. The number of rotatable bonds is 6. The molecule has 1 unspecified atom stereocenters. The fourth-order valence-electron chi connectivity index (χ4n) is 2.77. The highest BCUT2D eigenvalue weighted by atomic mass is 35.5. The van der Waals surface area contributed by atoms with Gasteiger partial charge in [0.2, 0.25) is 0 Å². The van der Waals surface area contributed by atoms with Gasteiger partial charge in [0.15, 0.2) is 11.5 Å². The number of hydrogen-bond donors (Lipinski definition) is 1. The van der Waals surface area contributed by atoms with Crippen molar-refractivity contribution in [3.63, 3.8) is 0 Å². The van der Waals surface area contributed by atoms with Gasteiger partial charge in [-0.15, -0.1) is 0 Å². The predicted molar refractivity (Wildman–Crippen MR) is 81.8 cm³/mol. The number of methoxy groups -OCH3 is 1. The first kappa shape index (κ1) is 15.4. The molecule has 1 aromatic rings. The number of nitrogens with two attached hydrogens (primary N) is 1. The highest BCUT2D eigenvalue weighted by molar-refractivity contribution is 6.32. The minimum Gasteiger partial charge on any atom is -0.493 e. The van der Waals surface area contributed by atoms with Gasteiger partial charge in [-0.2, -0.15) is 0 Å².